The highest BCUT2D eigenvalue weighted by Crippen LogP contribution is 2.34. The van der Waals surface area contributed by atoms with E-state index in [-0.39, 0.29) is 24.0 Å². The van der Waals surface area contributed by atoms with Gasteiger partial charge in [0.2, 0.25) is 0 Å². The van der Waals surface area contributed by atoms with Crippen molar-refractivity contribution >= 4 is 45.9 Å². The largest absolute Gasteiger partial charge is 0.492 e. The van der Waals surface area contributed by atoms with E-state index in [2.05, 4.69) is 38.5 Å². The first-order valence-corrected chi connectivity index (χ1v) is 9.12. The van der Waals surface area contributed by atoms with Crippen LogP contribution >= 0.6 is 39.9 Å². The molecule has 0 aromatic heterocycles. The van der Waals surface area contributed by atoms with Gasteiger partial charge in [0.1, 0.15) is 12.4 Å². The monoisotopic (exact) mass is 509 g/mol. The van der Waals surface area contributed by atoms with E-state index in [1.165, 1.54) is 6.42 Å². The zero-order valence-electron chi connectivity index (χ0n) is 13.8. The summed E-state index contributed by atoms with van der Waals surface area (Å²) in [4.78, 5) is 4.60. The minimum atomic E-state index is 0. The van der Waals surface area contributed by atoms with Gasteiger partial charge in [0.15, 0.2) is 5.96 Å². The van der Waals surface area contributed by atoms with Gasteiger partial charge in [-0.05, 0) is 50.5 Å². The summed E-state index contributed by atoms with van der Waals surface area (Å²) in [6.07, 6.45) is 4.25. The molecule has 2 aliphatic heterocycles. The molecule has 0 radical (unpaired) electrons. The molecule has 2 bridgehead atoms. The van der Waals surface area contributed by atoms with E-state index in [1.807, 2.05) is 24.3 Å². The van der Waals surface area contributed by atoms with Crippen molar-refractivity contribution in [2.24, 2.45) is 4.99 Å². The average Bonchev–Trinajstić information content (AvgIpc) is 3.16. The van der Waals surface area contributed by atoms with Gasteiger partial charge in [-0.3, -0.25) is 0 Å². The number of hydrogen-bond acceptors (Lipinski definition) is 3. The van der Waals surface area contributed by atoms with E-state index in [1.54, 1.807) is 0 Å². The van der Waals surface area contributed by atoms with Crippen LogP contribution in [0.1, 0.15) is 26.2 Å². The number of aliphatic imine (C=N–C) groups is 1. The molecule has 24 heavy (non-hydrogen) atoms. The lowest BCUT2D eigenvalue weighted by Gasteiger charge is -2.22. The molecular weight excluding hydrogens is 485 g/mol. The Morgan fingerprint density at radius 1 is 1.33 bits per heavy atom. The van der Waals surface area contributed by atoms with E-state index in [9.17, 15) is 0 Å². The molecule has 2 fully saturated rings. The minimum Gasteiger partial charge on any atom is -0.492 e. The van der Waals surface area contributed by atoms with Crippen molar-refractivity contribution in [2.45, 2.75) is 44.4 Å². The summed E-state index contributed by atoms with van der Waals surface area (Å²) in [6.45, 7) is 4.10. The van der Waals surface area contributed by atoms with Gasteiger partial charge in [-0.1, -0.05) is 15.9 Å². The van der Waals surface area contributed by atoms with Crippen LogP contribution in [-0.2, 0) is 4.74 Å². The average molecular weight is 510 g/mol. The predicted molar refractivity (Wildman–Crippen MR) is 110 cm³/mol. The summed E-state index contributed by atoms with van der Waals surface area (Å²) in [7, 11) is 0. The Morgan fingerprint density at radius 2 is 2.12 bits per heavy atom. The van der Waals surface area contributed by atoms with Crippen LogP contribution in [0.5, 0.6) is 5.75 Å². The van der Waals surface area contributed by atoms with Crippen molar-refractivity contribution in [2.75, 3.05) is 19.7 Å². The van der Waals surface area contributed by atoms with Crippen LogP contribution < -0.4 is 15.4 Å². The van der Waals surface area contributed by atoms with E-state index in [4.69, 9.17) is 9.47 Å². The summed E-state index contributed by atoms with van der Waals surface area (Å²) in [5, 5.41) is 6.80. The zero-order valence-corrected chi connectivity index (χ0v) is 17.8. The molecule has 0 amide bonds. The highest BCUT2D eigenvalue weighted by atomic mass is 127. The van der Waals surface area contributed by atoms with Crippen molar-refractivity contribution in [1.82, 2.24) is 10.6 Å². The lowest BCUT2D eigenvalue weighted by molar-refractivity contribution is 0.0992. The Kier molecular flexibility index (Phi) is 8.09. The van der Waals surface area contributed by atoms with Gasteiger partial charge >= 0.3 is 0 Å². The van der Waals surface area contributed by atoms with E-state index in [0.717, 1.165) is 35.6 Å². The first-order valence-electron chi connectivity index (χ1n) is 8.33. The molecule has 1 aromatic rings. The Labute approximate surface area is 169 Å². The van der Waals surface area contributed by atoms with Gasteiger partial charge in [0.05, 0.1) is 24.8 Å². The Hall–Kier alpha value is -0.540. The quantitative estimate of drug-likeness (QED) is 0.267. The molecule has 2 N–H and O–H groups in total. The molecule has 0 spiro atoms. The Morgan fingerprint density at radius 3 is 2.75 bits per heavy atom. The van der Waals surface area contributed by atoms with E-state index in [0.29, 0.717) is 31.4 Å². The molecule has 2 saturated heterocycles. The molecule has 0 saturated carbocycles. The van der Waals surface area contributed by atoms with E-state index < -0.39 is 0 Å². The van der Waals surface area contributed by atoms with Crippen molar-refractivity contribution in [3.63, 3.8) is 0 Å². The van der Waals surface area contributed by atoms with Gasteiger partial charge in [-0.2, -0.15) is 0 Å². The molecule has 7 heteroatoms. The fourth-order valence-corrected chi connectivity index (χ4v) is 3.40. The molecule has 2 heterocycles. The summed E-state index contributed by atoms with van der Waals surface area (Å²) >= 11 is 3.41. The SMILES string of the molecule is CCNC(=NCCOc1ccc(Br)cc1)NC1CC2CCC1O2.I. The molecule has 5 nitrogen and oxygen atoms in total. The second-order valence-corrected chi connectivity index (χ2v) is 6.84. The molecule has 3 atom stereocenters. The number of rotatable bonds is 6. The molecule has 3 rings (SSSR count). The zero-order chi connectivity index (χ0) is 16.1. The summed E-state index contributed by atoms with van der Waals surface area (Å²) in [5.41, 5.74) is 0. The third-order valence-corrected chi connectivity index (χ3v) is 4.74. The maximum atomic E-state index is 5.88. The van der Waals surface area contributed by atoms with Crippen molar-refractivity contribution in [3.05, 3.63) is 28.7 Å². The number of fused-ring (bicyclic) bond motifs is 2. The van der Waals surface area contributed by atoms with Gasteiger partial charge in [0.25, 0.3) is 0 Å². The summed E-state index contributed by atoms with van der Waals surface area (Å²) < 4.78 is 12.6. The highest BCUT2D eigenvalue weighted by Gasteiger charge is 2.41. The minimum absolute atomic E-state index is 0. The molecule has 2 aliphatic rings. The molecule has 0 aliphatic carbocycles. The lowest BCUT2D eigenvalue weighted by Crippen LogP contribution is -2.47. The van der Waals surface area contributed by atoms with Gasteiger partial charge < -0.3 is 20.1 Å². The first-order chi connectivity index (χ1) is 11.2. The first kappa shape index (κ1) is 19.8. The van der Waals surface area contributed by atoms with Crippen LogP contribution in [0.3, 0.4) is 0 Å². The number of nitrogens with one attached hydrogen (secondary N) is 2. The normalized spacial score (nSPS) is 25.2. The van der Waals surface area contributed by atoms with Crippen molar-refractivity contribution in [3.8, 4) is 5.75 Å². The number of guanidine groups is 1. The smallest absolute Gasteiger partial charge is 0.191 e. The maximum Gasteiger partial charge on any atom is 0.191 e. The summed E-state index contributed by atoms with van der Waals surface area (Å²) in [6, 6.07) is 8.23. The number of ether oxygens (including phenoxy) is 2. The maximum absolute atomic E-state index is 5.88. The number of nitrogens with zero attached hydrogens (tertiary/aromatic N) is 1. The van der Waals surface area contributed by atoms with E-state index >= 15 is 0 Å². The molecule has 134 valence electrons. The predicted octanol–water partition coefficient (Wildman–Crippen LogP) is 3.32. The van der Waals surface area contributed by atoms with Crippen LogP contribution in [0, 0.1) is 0 Å². The third-order valence-electron chi connectivity index (χ3n) is 4.22. The number of hydrogen-bond donors (Lipinski definition) is 2. The van der Waals surface area contributed by atoms with Gasteiger partial charge in [0, 0.05) is 11.0 Å². The van der Waals surface area contributed by atoms with Crippen molar-refractivity contribution < 1.29 is 9.47 Å². The molecule has 3 unspecified atom stereocenters. The summed E-state index contributed by atoms with van der Waals surface area (Å²) in [5.74, 6) is 1.72. The third kappa shape index (κ3) is 5.49. The van der Waals surface area contributed by atoms with Crippen LogP contribution in [0.15, 0.2) is 33.7 Å². The topological polar surface area (TPSA) is 54.9 Å². The van der Waals surface area contributed by atoms with Crippen LogP contribution in [0.2, 0.25) is 0 Å². The van der Waals surface area contributed by atoms with Gasteiger partial charge in [-0.15, -0.1) is 24.0 Å². The lowest BCUT2D eigenvalue weighted by atomic mass is 9.96. The van der Waals surface area contributed by atoms with Crippen molar-refractivity contribution in [1.29, 1.82) is 0 Å². The standard InChI is InChI=1S/C17H24BrN3O2.HI/c1-2-19-17(21-15-11-14-7-8-16(15)23-14)20-9-10-22-13-5-3-12(18)4-6-13;/h3-6,14-16H,2,7-11H2,1H3,(H2,19,20,21);1H. The fraction of sp³-hybridized carbons (Fsp3) is 0.588. The Bertz CT molecular complexity index is 541. The number of benzene rings is 1. The highest BCUT2D eigenvalue weighted by molar-refractivity contribution is 14.0. The second-order valence-electron chi connectivity index (χ2n) is 5.92. The van der Waals surface area contributed by atoms with Crippen LogP contribution in [-0.4, -0.2) is 43.9 Å². The fourth-order valence-electron chi connectivity index (χ4n) is 3.14. The number of halogens is 2. The second kappa shape index (κ2) is 9.82. The van der Waals surface area contributed by atoms with Gasteiger partial charge in [-0.25, -0.2) is 4.99 Å². The molecule has 1 aromatic carbocycles. The Balaban J connectivity index is 0.00000208. The van der Waals surface area contributed by atoms with Crippen LogP contribution in [0.4, 0.5) is 0 Å². The molecular formula is C17H25BrIN3O2. The van der Waals surface area contributed by atoms with Crippen LogP contribution in [0.25, 0.3) is 0 Å².